The van der Waals surface area contributed by atoms with Crippen LogP contribution in [-0.2, 0) is 0 Å². The summed E-state index contributed by atoms with van der Waals surface area (Å²) in [5.41, 5.74) is 0.865. The van der Waals surface area contributed by atoms with E-state index < -0.39 is 5.97 Å². The van der Waals surface area contributed by atoms with E-state index in [1.165, 1.54) is 17.4 Å². The van der Waals surface area contributed by atoms with E-state index in [1.807, 2.05) is 13.8 Å². The maximum atomic E-state index is 11.5. The average molecular weight is 279 g/mol. The molecule has 0 aliphatic carbocycles. The minimum absolute atomic E-state index is 0.0352. The van der Waals surface area contributed by atoms with E-state index in [9.17, 15) is 9.59 Å². The van der Waals surface area contributed by atoms with Gasteiger partial charge in [-0.1, -0.05) is 11.3 Å². The highest BCUT2D eigenvalue weighted by atomic mass is 32.1. The van der Waals surface area contributed by atoms with Gasteiger partial charge < -0.3 is 10.4 Å². The number of carboxylic acid groups (broad SMARTS) is 1. The molecule has 0 atom stereocenters. The number of aromatic carboxylic acids is 1. The largest absolute Gasteiger partial charge is 0.478 e. The molecule has 0 fully saturated rings. The molecule has 1 aromatic carbocycles. The van der Waals surface area contributed by atoms with Gasteiger partial charge in [0, 0.05) is 6.04 Å². The first kappa shape index (κ1) is 13.3. The van der Waals surface area contributed by atoms with Crippen molar-refractivity contribution in [2.45, 2.75) is 19.9 Å². The fourth-order valence-corrected chi connectivity index (χ4v) is 2.41. The molecule has 19 heavy (non-hydrogen) atoms. The third kappa shape index (κ3) is 3.19. The summed E-state index contributed by atoms with van der Waals surface area (Å²) in [5.74, 6) is -0.984. The van der Waals surface area contributed by atoms with E-state index in [2.05, 4.69) is 15.6 Å². The van der Waals surface area contributed by atoms with Gasteiger partial charge in [0.05, 0.1) is 15.8 Å². The molecule has 0 aliphatic rings. The van der Waals surface area contributed by atoms with Crippen LogP contribution in [0.5, 0.6) is 0 Å². The summed E-state index contributed by atoms with van der Waals surface area (Å²) in [6.07, 6.45) is 0. The lowest BCUT2D eigenvalue weighted by Gasteiger charge is -2.07. The normalized spacial score (nSPS) is 10.7. The van der Waals surface area contributed by atoms with Crippen molar-refractivity contribution in [3.63, 3.8) is 0 Å². The molecule has 0 bridgehead atoms. The number of amides is 2. The van der Waals surface area contributed by atoms with Gasteiger partial charge in [0.25, 0.3) is 0 Å². The molecule has 2 rings (SSSR count). The van der Waals surface area contributed by atoms with E-state index in [0.29, 0.717) is 10.6 Å². The topological polar surface area (TPSA) is 91.3 Å². The van der Waals surface area contributed by atoms with E-state index in [4.69, 9.17) is 5.11 Å². The number of carboxylic acids is 1. The van der Waals surface area contributed by atoms with E-state index in [-0.39, 0.29) is 17.6 Å². The molecule has 0 saturated carbocycles. The number of thiazole rings is 1. The third-order valence-corrected chi connectivity index (χ3v) is 3.21. The Morgan fingerprint density at radius 1 is 1.37 bits per heavy atom. The van der Waals surface area contributed by atoms with Gasteiger partial charge in [-0.25, -0.2) is 14.6 Å². The molecule has 7 heteroatoms. The molecule has 0 saturated heterocycles. The number of rotatable bonds is 3. The van der Waals surface area contributed by atoms with Crippen LogP contribution in [0.25, 0.3) is 10.2 Å². The summed E-state index contributed by atoms with van der Waals surface area (Å²) in [5, 5.41) is 14.6. The molecule has 100 valence electrons. The fraction of sp³-hybridized carbons (Fsp3) is 0.250. The summed E-state index contributed by atoms with van der Waals surface area (Å²) < 4.78 is 0.722. The predicted molar refractivity (Wildman–Crippen MR) is 73.9 cm³/mol. The van der Waals surface area contributed by atoms with Crippen LogP contribution in [0.15, 0.2) is 18.2 Å². The number of hydrogen-bond acceptors (Lipinski definition) is 4. The number of nitrogens with zero attached hydrogens (tertiary/aromatic N) is 1. The molecule has 1 heterocycles. The van der Waals surface area contributed by atoms with Gasteiger partial charge in [-0.15, -0.1) is 0 Å². The molecule has 2 aromatic rings. The zero-order chi connectivity index (χ0) is 14.0. The lowest BCUT2D eigenvalue weighted by Crippen LogP contribution is -2.34. The molecule has 0 aliphatic heterocycles. The van der Waals surface area contributed by atoms with E-state index in [0.717, 1.165) is 4.70 Å². The Morgan fingerprint density at radius 2 is 2.11 bits per heavy atom. The number of carbonyl (C=O) groups is 2. The molecule has 3 N–H and O–H groups in total. The van der Waals surface area contributed by atoms with Crippen LogP contribution in [-0.4, -0.2) is 28.1 Å². The zero-order valence-corrected chi connectivity index (χ0v) is 11.2. The first-order valence-corrected chi connectivity index (χ1v) is 6.49. The maximum absolute atomic E-state index is 11.5. The van der Waals surface area contributed by atoms with Gasteiger partial charge in [0.1, 0.15) is 0 Å². The van der Waals surface area contributed by atoms with Crippen molar-refractivity contribution in [3.05, 3.63) is 23.8 Å². The summed E-state index contributed by atoms with van der Waals surface area (Å²) in [6.45, 7) is 3.72. The van der Waals surface area contributed by atoms with E-state index in [1.54, 1.807) is 12.1 Å². The second-order valence-electron chi connectivity index (χ2n) is 4.26. The Morgan fingerprint density at radius 3 is 2.74 bits per heavy atom. The third-order valence-electron chi connectivity index (χ3n) is 2.28. The van der Waals surface area contributed by atoms with Gasteiger partial charge in [0.2, 0.25) is 0 Å². The van der Waals surface area contributed by atoms with Crippen LogP contribution in [0.2, 0.25) is 0 Å². The molecule has 1 aromatic heterocycles. The Bertz CT molecular complexity index is 636. The standard InChI is InChI=1S/C12H13N3O3S/c1-6(2)13-11(18)15-12-14-8-4-3-7(10(16)17)5-9(8)19-12/h3-6H,1-2H3,(H,16,17)(H2,13,14,15,18). The van der Waals surface area contributed by atoms with Crippen molar-refractivity contribution in [1.29, 1.82) is 0 Å². The predicted octanol–water partition coefficient (Wildman–Crippen LogP) is 2.52. The van der Waals surface area contributed by atoms with Crippen LogP contribution in [0.3, 0.4) is 0 Å². The van der Waals surface area contributed by atoms with Crippen LogP contribution in [0, 0.1) is 0 Å². The highest BCUT2D eigenvalue weighted by Crippen LogP contribution is 2.26. The minimum Gasteiger partial charge on any atom is -0.478 e. The van der Waals surface area contributed by atoms with Crippen molar-refractivity contribution in [2.24, 2.45) is 0 Å². The summed E-state index contributed by atoms with van der Waals surface area (Å²) in [7, 11) is 0. The van der Waals surface area contributed by atoms with Gasteiger partial charge in [-0.2, -0.15) is 0 Å². The summed E-state index contributed by atoms with van der Waals surface area (Å²) in [4.78, 5) is 26.6. The number of urea groups is 1. The van der Waals surface area contributed by atoms with Gasteiger partial charge in [-0.05, 0) is 32.0 Å². The average Bonchev–Trinajstić information content (AvgIpc) is 2.68. The lowest BCUT2D eigenvalue weighted by molar-refractivity contribution is 0.0697. The number of aromatic nitrogens is 1. The van der Waals surface area contributed by atoms with Crippen molar-refractivity contribution >= 4 is 38.7 Å². The van der Waals surface area contributed by atoms with Crippen molar-refractivity contribution in [2.75, 3.05) is 5.32 Å². The molecule has 0 spiro atoms. The monoisotopic (exact) mass is 279 g/mol. The van der Waals surface area contributed by atoms with Crippen LogP contribution >= 0.6 is 11.3 Å². The molecule has 2 amide bonds. The molecule has 6 nitrogen and oxygen atoms in total. The highest BCUT2D eigenvalue weighted by Gasteiger charge is 2.10. The number of nitrogens with one attached hydrogen (secondary N) is 2. The summed E-state index contributed by atoms with van der Waals surface area (Å²) in [6, 6.07) is 4.37. The fourth-order valence-electron chi connectivity index (χ4n) is 1.51. The Balaban J connectivity index is 2.22. The first-order valence-electron chi connectivity index (χ1n) is 5.67. The lowest BCUT2D eigenvalue weighted by atomic mass is 10.2. The number of fused-ring (bicyclic) bond motifs is 1. The van der Waals surface area contributed by atoms with Gasteiger partial charge in [-0.3, -0.25) is 5.32 Å². The smallest absolute Gasteiger partial charge is 0.335 e. The number of anilines is 1. The second kappa shape index (κ2) is 5.23. The van der Waals surface area contributed by atoms with Crippen molar-refractivity contribution < 1.29 is 14.7 Å². The number of hydrogen-bond donors (Lipinski definition) is 3. The Hall–Kier alpha value is -2.15. The van der Waals surface area contributed by atoms with Crippen LogP contribution < -0.4 is 10.6 Å². The molecular formula is C12H13N3O3S. The SMILES string of the molecule is CC(C)NC(=O)Nc1nc2ccc(C(=O)O)cc2s1. The number of benzene rings is 1. The van der Waals surface area contributed by atoms with E-state index >= 15 is 0 Å². The van der Waals surface area contributed by atoms with Crippen LogP contribution in [0.4, 0.5) is 9.93 Å². The van der Waals surface area contributed by atoms with Crippen molar-refractivity contribution in [3.8, 4) is 0 Å². The maximum Gasteiger partial charge on any atom is 0.335 e. The molecular weight excluding hydrogens is 266 g/mol. The molecule has 0 unspecified atom stereocenters. The first-order chi connectivity index (χ1) is 8.95. The quantitative estimate of drug-likeness (QED) is 0.805. The molecule has 0 radical (unpaired) electrons. The number of carbonyl (C=O) groups excluding carboxylic acids is 1. The minimum atomic E-state index is -0.984. The summed E-state index contributed by atoms with van der Waals surface area (Å²) >= 11 is 1.24. The van der Waals surface area contributed by atoms with Crippen molar-refractivity contribution in [1.82, 2.24) is 10.3 Å². The Labute approximate surface area is 113 Å². The van der Waals surface area contributed by atoms with Gasteiger partial charge in [0.15, 0.2) is 5.13 Å². The van der Waals surface area contributed by atoms with Crippen LogP contribution in [0.1, 0.15) is 24.2 Å². The second-order valence-corrected chi connectivity index (χ2v) is 5.29. The highest BCUT2D eigenvalue weighted by molar-refractivity contribution is 7.22. The Kier molecular flexibility index (Phi) is 3.66. The van der Waals surface area contributed by atoms with Gasteiger partial charge >= 0.3 is 12.0 Å². The zero-order valence-electron chi connectivity index (χ0n) is 10.4.